The number of aryl methyl sites for hydroxylation is 1. The van der Waals surface area contributed by atoms with E-state index in [0.29, 0.717) is 5.56 Å². The summed E-state index contributed by atoms with van der Waals surface area (Å²) in [6, 6.07) is 7.09. The van der Waals surface area contributed by atoms with Gasteiger partial charge in [0.05, 0.1) is 0 Å². The Bertz CT molecular complexity index is 557. The van der Waals surface area contributed by atoms with Gasteiger partial charge in [-0.15, -0.1) is 12.4 Å². The largest absolute Gasteiger partial charge is 0.351 e. The van der Waals surface area contributed by atoms with E-state index < -0.39 is 6.04 Å². The highest BCUT2D eigenvalue weighted by molar-refractivity contribution is 5.98. The highest BCUT2D eigenvalue weighted by Crippen LogP contribution is 2.10. The molecule has 134 valence electrons. The third-order valence-electron chi connectivity index (χ3n) is 4.31. The number of hydrogen-bond donors (Lipinski definition) is 3. The van der Waals surface area contributed by atoms with Crippen LogP contribution in [-0.4, -0.2) is 37.0 Å². The molecule has 3 N–H and O–H groups in total. The number of hydrogen-bond acceptors (Lipinski definition) is 3. The minimum absolute atomic E-state index is 0. The van der Waals surface area contributed by atoms with Crippen LogP contribution in [0.15, 0.2) is 24.3 Å². The third-order valence-corrected chi connectivity index (χ3v) is 4.31. The van der Waals surface area contributed by atoms with Crippen LogP contribution in [0.1, 0.15) is 42.6 Å². The Balaban J connectivity index is 0.00000288. The van der Waals surface area contributed by atoms with Crippen LogP contribution in [0.4, 0.5) is 0 Å². The molecule has 2 rings (SSSR count). The smallest absolute Gasteiger partial charge is 0.252 e. The van der Waals surface area contributed by atoms with Crippen molar-refractivity contribution in [2.24, 2.45) is 5.92 Å². The van der Waals surface area contributed by atoms with Crippen LogP contribution < -0.4 is 16.0 Å². The van der Waals surface area contributed by atoms with Crippen molar-refractivity contribution in [3.8, 4) is 0 Å². The Hall–Kier alpha value is -1.59. The number of carbonyl (C=O) groups excluding carboxylic acids is 2. The second kappa shape index (κ2) is 9.64. The molecule has 1 atom stereocenters. The zero-order chi connectivity index (χ0) is 16.8. The van der Waals surface area contributed by atoms with Gasteiger partial charge in [0.15, 0.2) is 0 Å². The molecule has 0 saturated carbocycles. The lowest BCUT2D eigenvalue weighted by Crippen LogP contribution is -2.53. The van der Waals surface area contributed by atoms with Gasteiger partial charge >= 0.3 is 0 Å². The van der Waals surface area contributed by atoms with Gasteiger partial charge in [-0.25, -0.2) is 0 Å². The molecule has 0 spiro atoms. The highest BCUT2D eigenvalue weighted by atomic mass is 35.5. The molecule has 0 bridgehead atoms. The average molecular weight is 354 g/mol. The molecule has 6 heteroatoms. The molecule has 1 saturated heterocycles. The molecular formula is C18H28ClN3O2. The van der Waals surface area contributed by atoms with Crippen LogP contribution in [0, 0.1) is 12.8 Å². The van der Waals surface area contributed by atoms with Crippen molar-refractivity contribution in [1.82, 2.24) is 16.0 Å². The summed E-state index contributed by atoms with van der Waals surface area (Å²) >= 11 is 0. The normalized spacial score (nSPS) is 16.2. The second-order valence-electron chi connectivity index (χ2n) is 6.54. The molecule has 1 heterocycles. The number of halogens is 1. The molecule has 1 aromatic rings. The van der Waals surface area contributed by atoms with E-state index in [-0.39, 0.29) is 36.2 Å². The van der Waals surface area contributed by atoms with Crippen LogP contribution in [0.5, 0.6) is 0 Å². The first-order valence-electron chi connectivity index (χ1n) is 8.36. The Morgan fingerprint density at radius 3 is 2.38 bits per heavy atom. The van der Waals surface area contributed by atoms with Gasteiger partial charge in [0, 0.05) is 11.6 Å². The Kier molecular flexibility index (Phi) is 8.22. The van der Waals surface area contributed by atoms with Crippen molar-refractivity contribution < 1.29 is 9.59 Å². The zero-order valence-corrected chi connectivity index (χ0v) is 15.4. The van der Waals surface area contributed by atoms with Gasteiger partial charge in [-0.05, 0) is 50.4 Å². The Morgan fingerprint density at radius 1 is 1.17 bits per heavy atom. The quantitative estimate of drug-likeness (QED) is 0.758. The van der Waals surface area contributed by atoms with Crippen molar-refractivity contribution in [2.75, 3.05) is 13.1 Å². The molecule has 24 heavy (non-hydrogen) atoms. The molecule has 1 aromatic carbocycles. The van der Waals surface area contributed by atoms with E-state index in [9.17, 15) is 9.59 Å². The van der Waals surface area contributed by atoms with Crippen molar-refractivity contribution in [1.29, 1.82) is 0 Å². The maximum Gasteiger partial charge on any atom is 0.252 e. The fourth-order valence-corrected chi connectivity index (χ4v) is 2.84. The first kappa shape index (κ1) is 20.5. The SMILES string of the molecule is Cc1ccccc1C(=O)NC(C(=O)NC1CCNCC1)C(C)C.Cl. The standard InChI is InChI=1S/C18H27N3O2.ClH/c1-12(2)16(18(23)20-14-8-10-19-11-9-14)21-17(22)15-7-5-4-6-13(15)3;/h4-7,12,14,16,19H,8-11H2,1-3H3,(H,20,23)(H,21,22);1H. The molecule has 1 aliphatic heterocycles. The van der Waals surface area contributed by atoms with Gasteiger partial charge in [-0.3, -0.25) is 9.59 Å². The van der Waals surface area contributed by atoms with Gasteiger partial charge in [0.2, 0.25) is 5.91 Å². The van der Waals surface area contributed by atoms with E-state index in [1.807, 2.05) is 39.0 Å². The minimum Gasteiger partial charge on any atom is -0.351 e. The van der Waals surface area contributed by atoms with E-state index in [2.05, 4.69) is 16.0 Å². The van der Waals surface area contributed by atoms with Gasteiger partial charge in [0.1, 0.15) is 6.04 Å². The van der Waals surface area contributed by atoms with Crippen LogP contribution >= 0.6 is 12.4 Å². The highest BCUT2D eigenvalue weighted by Gasteiger charge is 2.27. The number of piperidine rings is 1. The maximum atomic E-state index is 12.6. The molecule has 0 aromatic heterocycles. The summed E-state index contributed by atoms with van der Waals surface area (Å²) in [6.45, 7) is 7.64. The molecule has 1 aliphatic rings. The first-order chi connectivity index (χ1) is 11.0. The van der Waals surface area contributed by atoms with Crippen LogP contribution in [0.3, 0.4) is 0 Å². The molecule has 2 amide bonds. The zero-order valence-electron chi connectivity index (χ0n) is 14.6. The minimum atomic E-state index is -0.517. The van der Waals surface area contributed by atoms with Crippen molar-refractivity contribution in [2.45, 2.75) is 45.7 Å². The predicted molar refractivity (Wildman–Crippen MR) is 98.6 cm³/mol. The van der Waals surface area contributed by atoms with E-state index in [4.69, 9.17) is 0 Å². The molecule has 0 radical (unpaired) electrons. The summed E-state index contributed by atoms with van der Waals surface area (Å²) in [4.78, 5) is 25.0. The van der Waals surface area contributed by atoms with Gasteiger partial charge < -0.3 is 16.0 Å². The second-order valence-corrected chi connectivity index (χ2v) is 6.54. The van der Waals surface area contributed by atoms with Crippen LogP contribution in [0.25, 0.3) is 0 Å². The summed E-state index contributed by atoms with van der Waals surface area (Å²) in [6.07, 6.45) is 1.87. The van der Waals surface area contributed by atoms with Crippen LogP contribution in [-0.2, 0) is 4.79 Å². The number of amides is 2. The monoisotopic (exact) mass is 353 g/mol. The lowest BCUT2D eigenvalue weighted by Gasteiger charge is -2.28. The fourth-order valence-electron chi connectivity index (χ4n) is 2.84. The predicted octanol–water partition coefficient (Wildman–Crippen LogP) is 2.04. The summed E-state index contributed by atoms with van der Waals surface area (Å²) in [7, 11) is 0. The molecular weight excluding hydrogens is 326 g/mol. The Morgan fingerprint density at radius 2 is 1.79 bits per heavy atom. The number of carbonyl (C=O) groups is 2. The molecule has 0 aliphatic carbocycles. The summed E-state index contributed by atoms with van der Waals surface area (Å²) < 4.78 is 0. The van der Waals surface area contributed by atoms with E-state index >= 15 is 0 Å². The van der Waals surface area contributed by atoms with Gasteiger partial charge in [-0.1, -0.05) is 32.0 Å². The summed E-state index contributed by atoms with van der Waals surface area (Å²) in [5, 5.41) is 9.25. The topological polar surface area (TPSA) is 70.2 Å². The lowest BCUT2D eigenvalue weighted by molar-refractivity contribution is -0.124. The summed E-state index contributed by atoms with van der Waals surface area (Å²) in [5.41, 5.74) is 1.53. The number of benzene rings is 1. The first-order valence-corrected chi connectivity index (χ1v) is 8.36. The van der Waals surface area contributed by atoms with E-state index in [0.717, 1.165) is 31.5 Å². The fraction of sp³-hybridized carbons (Fsp3) is 0.556. The molecule has 1 unspecified atom stereocenters. The maximum absolute atomic E-state index is 12.6. The van der Waals surface area contributed by atoms with Crippen LogP contribution in [0.2, 0.25) is 0 Å². The average Bonchev–Trinajstić information content (AvgIpc) is 2.53. The van der Waals surface area contributed by atoms with Crippen molar-refractivity contribution in [3.63, 3.8) is 0 Å². The van der Waals surface area contributed by atoms with E-state index in [1.54, 1.807) is 6.07 Å². The van der Waals surface area contributed by atoms with E-state index in [1.165, 1.54) is 0 Å². The lowest BCUT2D eigenvalue weighted by atomic mass is 10.00. The summed E-state index contributed by atoms with van der Waals surface area (Å²) in [5.74, 6) is -0.249. The third kappa shape index (κ3) is 5.49. The number of nitrogens with one attached hydrogen (secondary N) is 3. The number of rotatable bonds is 5. The van der Waals surface area contributed by atoms with Crippen molar-refractivity contribution >= 4 is 24.2 Å². The Labute approximate surface area is 150 Å². The van der Waals surface area contributed by atoms with Gasteiger partial charge in [-0.2, -0.15) is 0 Å². The van der Waals surface area contributed by atoms with Gasteiger partial charge in [0.25, 0.3) is 5.91 Å². The van der Waals surface area contributed by atoms with Crippen molar-refractivity contribution in [3.05, 3.63) is 35.4 Å². The molecule has 5 nitrogen and oxygen atoms in total. The molecule has 1 fully saturated rings.